The van der Waals surface area contributed by atoms with E-state index in [1.54, 1.807) is 37.8 Å². The highest BCUT2D eigenvalue weighted by Gasteiger charge is 2.28. The van der Waals surface area contributed by atoms with E-state index in [1.807, 2.05) is 0 Å². The Morgan fingerprint density at radius 3 is 2.46 bits per heavy atom. The smallest absolute Gasteiger partial charge is 0.241 e. The van der Waals surface area contributed by atoms with Crippen LogP contribution in [-0.4, -0.2) is 58.7 Å². The summed E-state index contributed by atoms with van der Waals surface area (Å²) in [6, 6.07) is 2.40. The van der Waals surface area contributed by atoms with E-state index in [-0.39, 0.29) is 10.8 Å². The number of carbonyl (C=O) groups excluding carboxylic acids is 1. The monoisotopic (exact) mass is 356 g/mol. The third-order valence-corrected chi connectivity index (χ3v) is 5.69. The number of nitrogens with one attached hydrogen (secondary N) is 1. The van der Waals surface area contributed by atoms with Gasteiger partial charge in [-0.15, -0.1) is 0 Å². The van der Waals surface area contributed by atoms with Crippen LogP contribution >= 0.6 is 0 Å². The van der Waals surface area contributed by atoms with Crippen LogP contribution in [0.1, 0.15) is 18.1 Å². The minimum atomic E-state index is -3.81. The van der Waals surface area contributed by atoms with Crippen LogP contribution in [0.15, 0.2) is 17.0 Å². The van der Waals surface area contributed by atoms with Crippen LogP contribution < -0.4 is 9.46 Å². The highest BCUT2D eigenvalue weighted by atomic mass is 32.2. The van der Waals surface area contributed by atoms with Crippen LogP contribution in [0.4, 0.5) is 0 Å². The molecule has 1 aliphatic heterocycles. The molecule has 1 heterocycles. The van der Waals surface area contributed by atoms with E-state index in [4.69, 9.17) is 9.47 Å². The molecule has 0 unspecified atom stereocenters. The molecule has 0 radical (unpaired) electrons. The van der Waals surface area contributed by atoms with Gasteiger partial charge in [-0.2, -0.15) is 4.72 Å². The van der Waals surface area contributed by atoms with Crippen LogP contribution in [0.5, 0.6) is 5.75 Å². The van der Waals surface area contributed by atoms with Gasteiger partial charge in [0.25, 0.3) is 0 Å². The molecule has 0 bridgehead atoms. The molecule has 1 amide bonds. The lowest BCUT2D eigenvalue weighted by molar-refractivity contribution is -0.136. The molecular weight excluding hydrogens is 332 g/mol. The van der Waals surface area contributed by atoms with Gasteiger partial charge in [-0.1, -0.05) is 0 Å². The van der Waals surface area contributed by atoms with Gasteiger partial charge in [-0.3, -0.25) is 4.79 Å². The van der Waals surface area contributed by atoms with Gasteiger partial charge in [0, 0.05) is 13.1 Å². The molecule has 7 nitrogen and oxygen atoms in total. The van der Waals surface area contributed by atoms with E-state index in [2.05, 4.69) is 4.72 Å². The summed E-state index contributed by atoms with van der Waals surface area (Å²) in [6.07, 6.45) is 0. The molecule has 1 N–H and O–H groups in total. The number of aryl methyl sites for hydroxylation is 2. The fourth-order valence-electron chi connectivity index (χ4n) is 2.68. The second kappa shape index (κ2) is 7.50. The van der Waals surface area contributed by atoms with E-state index in [0.29, 0.717) is 37.6 Å². The molecule has 0 aliphatic carbocycles. The first-order valence-electron chi connectivity index (χ1n) is 7.80. The van der Waals surface area contributed by atoms with Crippen molar-refractivity contribution in [2.24, 2.45) is 0 Å². The van der Waals surface area contributed by atoms with Crippen LogP contribution in [0.2, 0.25) is 0 Å². The molecule has 0 aromatic heterocycles. The molecule has 134 valence electrons. The first-order valence-corrected chi connectivity index (χ1v) is 9.28. The highest BCUT2D eigenvalue weighted by Crippen LogP contribution is 2.25. The summed E-state index contributed by atoms with van der Waals surface area (Å²) in [5, 5.41) is 0. The Hall–Kier alpha value is -1.64. The number of nitrogens with zero attached hydrogens (tertiary/aromatic N) is 1. The normalized spacial score (nSPS) is 16.8. The van der Waals surface area contributed by atoms with Gasteiger partial charge in [0.2, 0.25) is 15.9 Å². The summed E-state index contributed by atoms with van der Waals surface area (Å²) in [7, 11) is -2.27. The zero-order valence-corrected chi connectivity index (χ0v) is 15.3. The number of carbonyl (C=O) groups is 1. The zero-order chi connectivity index (χ0) is 17.9. The first kappa shape index (κ1) is 18.7. The minimum absolute atomic E-state index is 0.155. The fraction of sp³-hybridized carbons (Fsp3) is 0.562. The van der Waals surface area contributed by atoms with Gasteiger partial charge in [-0.25, -0.2) is 8.42 Å². The number of sulfonamides is 1. The van der Waals surface area contributed by atoms with Crippen molar-refractivity contribution in [3.8, 4) is 5.75 Å². The Bertz CT molecular complexity index is 711. The van der Waals surface area contributed by atoms with Gasteiger partial charge in [0.1, 0.15) is 5.75 Å². The maximum atomic E-state index is 12.7. The van der Waals surface area contributed by atoms with E-state index in [1.165, 1.54) is 7.11 Å². The van der Waals surface area contributed by atoms with Gasteiger partial charge in [0.05, 0.1) is 31.3 Å². The lowest BCUT2D eigenvalue weighted by Crippen LogP contribution is -2.50. The average Bonchev–Trinajstić information content (AvgIpc) is 2.56. The molecule has 24 heavy (non-hydrogen) atoms. The minimum Gasteiger partial charge on any atom is -0.496 e. The summed E-state index contributed by atoms with van der Waals surface area (Å²) < 4.78 is 38.2. The van der Waals surface area contributed by atoms with Crippen molar-refractivity contribution in [2.75, 3.05) is 33.4 Å². The highest BCUT2D eigenvalue weighted by molar-refractivity contribution is 7.89. The number of rotatable bonds is 5. The Morgan fingerprint density at radius 1 is 1.25 bits per heavy atom. The molecule has 8 heteroatoms. The van der Waals surface area contributed by atoms with Gasteiger partial charge in [0.15, 0.2) is 0 Å². The number of benzene rings is 1. The Balaban J connectivity index is 2.18. The molecule has 0 saturated carbocycles. The Morgan fingerprint density at radius 2 is 1.88 bits per heavy atom. The summed E-state index contributed by atoms with van der Waals surface area (Å²) >= 11 is 0. The number of hydrogen-bond acceptors (Lipinski definition) is 5. The maximum absolute atomic E-state index is 12.7. The van der Waals surface area contributed by atoms with Crippen molar-refractivity contribution < 1.29 is 22.7 Å². The van der Waals surface area contributed by atoms with Crippen LogP contribution in [0.25, 0.3) is 0 Å². The Labute approximate surface area is 143 Å². The quantitative estimate of drug-likeness (QED) is 0.845. The van der Waals surface area contributed by atoms with Crippen molar-refractivity contribution in [1.82, 2.24) is 9.62 Å². The number of hydrogen-bond donors (Lipinski definition) is 1. The van der Waals surface area contributed by atoms with E-state index >= 15 is 0 Å². The molecule has 1 saturated heterocycles. The lowest BCUT2D eigenvalue weighted by Gasteiger charge is -2.29. The summed E-state index contributed by atoms with van der Waals surface area (Å²) in [5.74, 6) is 0.383. The van der Waals surface area contributed by atoms with E-state index in [9.17, 15) is 13.2 Å². The van der Waals surface area contributed by atoms with E-state index < -0.39 is 16.1 Å². The summed E-state index contributed by atoms with van der Waals surface area (Å²) in [5.41, 5.74) is 1.28. The second-order valence-corrected chi connectivity index (χ2v) is 7.55. The van der Waals surface area contributed by atoms with Gasteiger partial charge in [-0.05, 0) is 44.0 Å². The molecular formula is C16H24N2O5S. The Kier molecular flexibility index (Phi) is 5.84. The molecule has 1 fully saturated rings. The van der Waals surface area contributed by atoms with E-state index in [0.717, 1.165) is 5.56 Å². The third kappa shape index (κ3) is 4.06. The molecule has 1 aromatic rings. The van der Waals surface area contributed by atoms with Crippen molar-refractivity contribution >= 4 is 15.9 Å². The largest absolute Gasteiger partial charge is 0.496 e. The summed E-state index contributed by atoms with van der Waals surface area (Å²) in [4.78, 5) is 14.2. The van der Waals surface area contributed by atoms with Crippen LogP contribution in [0, 0.1) is 13.8 Å². The molecule has 1 aromatic carbocycles. The predicted octanol–water partition coefficient (Wildman–Crippen LogP) is 0.838. The molecule has 0 spiro atoms. The molecule has 2 rings (SSSR count). The molecule has 1 atom stereocenters. The number of amides is 1. The predicted molar refractivity (Wildman–Crippen MR) is 89.7 cm³/mol. The summed E-state index contributed by atoms with van der Waals surface area (Å²) in [6.45, 7) is 6.94. The third-order valence-electron chi connectivity index (χ3n) is 4.01. The lowest BCUT2D eigenvalue weighted by atomic mass is 10.1. The van der Waals surface area contributed by atoms with Crippen LogP contribution in [0.3, 0.4) is 0 Å². The number of morpholine rings is 1. The van der Waals surface area contributed by atoms with Crippen molar-refractivity contribution in [1.29, 1.82) is 0 Å². The maximum Gasteiger partial charge on any atom is 0.241 e. The first-order chi connectivity index (χ1) is 11.3. The number of methoxy groups -OCH3 is 1. The van der Waals surface area contributed by atoms with Gasteiger partial charge < -0.3 is 14.4 Å². The number of ether oxygens (including phenoxy) is 2. The zero-order valence-electron chi connectivity index (χ0n) is 14.5. The molecule has 1 aliphatic rings. The van der Waals surface area contributed by atoms with Crippen molar-refractivity contribution in [3.63, 3.8) is 0 Å². The average molecular weight is 356 g/mol. The van der Waals surface area contributed by atoms with Crippen molar-refractivity contribution in [2.45, 2.75) is 31.7 Å². The van der Waals surface area contributed by atoms with Crippen molar-refractivity contribution in [3.05, 3.63) is 23.3 Å². The second-order valence-electron chi connectivity index (χ2n) is 5.87. The van der Waals surface area contributed by atoms with Crippen LogP contribution in [-0.2, 0) is 19.6 Å². The SMILES string of the molecule is COc1cc(C)c(S(=O)(=O)N[C@@H](C)C(=O)N2CCOCC2)cc1C. The van der Waals surface area contributed by atoms with Gasteiger partial charge >= 0.3 is 0 Å². The fourth-order valence-corrected chi connectivity index (χ4v) is 4.18. The topological polar surface area (TPSA) is 84.9 Å². The standard InChI is InChI=1S/C16H24N2O5S/c1-11-10-15(12(2)9-14(11)22-4)24(20,21)17-13(3)16(19)18-5-7-23-8-6-18/h9-10,13,17H,5-8H2,1-4H3/t13-/m0/s1.